The van der Waals surface area contributed by atoms with Crippen molar-refractivity contribution in [2.45, 2.75) is 24.7 Å². The predicted molar refractivity (Wildman–Crippen MR) is 133 cm³/mol. The number of fused-ring (bicyclic) bond motifs is 2. The monoisotopic (exact) mass is 473 g/mol. The van der Waals surface area contributed by atoms with Crippen LogP contribution in [0.2, 0.25) is 0 Å². The highest BCUT2D eigenvalue weighted by molar-refractivity contribution is 7.99. The number of amides is 1. The molecule has 1 N–H and O–H groups in total. The van der Waals surface area contributed by atoms with Gasteiger partial charge in [-0.2, -0.15) is 0 Å². The van der Waals surface area contributed by atoms with Gasteiger partial charge in [-0.1, -0.05) is 53.7 Å². The maximum absolute atomic E-state index is 13.3. The summed E-state index contributed by atoms with van der Waals surface area (Å²) in [5.41, 5.74) is 2.27. The summed E-state index contributed by atoms with van der Waals surface area (Å²) in [5.74, 6) is 1.27. The average molecular weight is 474 g/mol. The van der Waals surface area contributed by atoms with E-state index in [-0.39, 0.29) is 29.9 Å². The Hall–Kier alpha value is -3.78. The van der Waals surface area contributed by atoms with Gasteiger partial charge in [0.15, 0.2) is 22.8 Å². The second kappa shape index (κ2) is 9.61. The number of ether oxygens (including phenoxy) is 2. The fraction of sp³-hybridized carbons (Fsp3) is 0.192. The first-order valence-corrected chi connectivity index (χ1v) is 11.9. The molecule has 172 valence electrons. The SMILES string of the molecule is Cc1ccc(NC(=O)CSc2nc3ccccc3c(=O)n2C[C@H]2COc3ccccc3O2)cc1. The number of carbonyl (C=O) groups excluding carboxylic acids is 1. The van der Waals surface area contributed by atoms with Crippen molar-refractivity contribution in [1.29, 1.82) is 0 Å². The van der Waals surface area contributed by atoms with Gasteiger partial charge in [0.2, 0.25) is 5.91 Å². The minimum Gasteiger partial charge on any atom is -0.486 e. The number of anilines is 1. The van der Waals surface area contributed by atoms with E-state index in [1.54, 1.807) is 16.7 Å². The van der Waals surface area contributed by atoms with E-state index in [4.69, 9.17) is 9.47 Å². The summed E-state index contributed by atoms with van der Waals surface area (Å²) >= 11 is 1.22. The largest absolute Gasteiger partial charge is 0.486 e. The van der Waals surface area contributed by atoms with E-state index in [0.717, 1.165) is 11.3 Å². The van der Waals surface area contributed by atoms with Crippen molar-refractivity contribution in [3.8, 4) is 11.5 Å². The summed E-state index contributed by atoms with van der Waals surface area (Å²) in [6.07, 6.45) is -0.365. The van der Waals surface area contributed by atoms with Crippen LogP contribution in [0.1, 0.15) is 5.56 Å². The molecule has 0 saturated heterocycles. The van der Waals surface area contributed by atoms with E-state index >= 15 is 0 Å². The highest BCUT2D eigenvalue weighted by Crippen LogP contribution is 2.31. The Kier molecular flexibility index (Phi) is 6.22. The summed E-state index contributed by atoms with van der Waals surface area (Å²) in [7, 11) is 0. The quantitative estimate of drug-likeness (QED) is 0.333. The van der Waals surface area contributed by atoms with Crippen LogP contribution >= 0.6 is 11.8 Å². The molecule has 7 nitrogen and oxygen atoms in total. The van der Waals surface area contributed by atoms with Crippen molar-refractivity contribution in [1.82, 2.24) is 9.55 Å². The van der Waals surface area contributed by atoms with Gasteiger partial charge in [-0.3, -0.25) is 14.2 Å². The Balaban J connectivity index is 1.38. The highest BCUT2D eigenvalue weighted by atomic mass is 32.2. The Morgan fingerprint density at radius 2 is 1.79 bits per heavy atom. The number of rotatable bonds is 6. The van der Waals surface area contributed by atoms with Gasteiger partial charge in [-0.25, -0.2) is 4.98 Å². The molecule has 3 aromatic carbocycles. The van der Waals surface area contributed by atoms with Crippen LogP contribution in [0.4, 0.5) is 5.69 Å². The van der Waals surface area contributed by atoms with E-state index < -0.39 is 0 Å². The zero-order valence-corrected chi connectivity index (χ0v) is 19.4. The number of aromatic nitrogens is 2. The molecular weight excluding hydrogens is 450 g/mol. The van der Waals surface area contributed by atoms with E-state index in [0.29, 0.717) is 34.2 Å². The van der Waals surface area contributed by atoms with Crippen LogP contribution < -0.4 is 20.3 Å². The van der Waals surface area contributed by atoms with Crippen LogP contribution in [0.15, 0.2) is 82.7 Å². The summed E-state index contributed by atoms with van der Waals surface area (Å²) in [6, 6.07) is 22.3. The molecule has 8 heteroatoms. The lowest BCUT2D eigenvalue weighted by atomic mass is 10.2. The zero-order chi connectivity index (χ0) is 23.5. The number of thioether (sulfide) groups is 1. The van der Waals surface area contributed by atoms with E-state index in [9.17, 15) is 9.59 Å². The molecule has 1 atom stereocenters. The van der Waals surface area contributed by atoms with Gasteiger partial charge in [0.1, 0.15) is 6.61 Å². The number of nitrogens with one attached hydrogen (secondary N) is 1. The van der Waals surface area contributed by atoms with Crippen LogP contribution in [-0.4, -0.2) is 33.9 Å². The standard InChI is InChI=1S/C26H23N3O4S/c1-17-10-12-18(13-11-17)27-24(30)16-34-26-28-21-7-3-2-6-20(21)25(31)29(26)14-19-15-32-22-8-4-5-9-23(22)33-19/h2-13,19H,14-16H2,1H3,(H,27,30)/t19-/m0/s1. The van der Waals surface area contributed by atoms with Gasteiger partial charge in [-0.05, 0) is 43.3 Å². The van der Waals surface area contributed by atoms with Crippen molar-refractivity contribution in [2.75, 3.05) is 17.7 Å². The predicted octanol–water partition coefficient (Wildman–Crippen LogP) is 4.28. The number of hydrogen-bond donors (Lipinski definition) is 1. The van der Waals surface area contributed by atoms with Gasteiger partial charge in [-0.15, -0.1) is 0 Å². The van der Waals surface area contributed by atoms with Gasteiger partial charge in [0.05, 0.1) is 23.2 Å². The molecule has 1 amide bonds. The topological polar surface area (TPSA) is 82.5 Å². The van der Waals surface area contributed by atoms with Gasteiger partial charge < -0.3 is 14.8 Å². The first-order chi connectivity index (χ1) is 16.6. The second-order valence-corrected chi connectivity index (χ2v) is 8.97. The lowest BCUT2D eigenvalue weighted by Crippen LogP contribution is -2.37. The van der Waals surface area contributed by atoms with Crippen molar-refractivity contribution in [3.63, 3.8) is 0 Å². The van der Waals surface area contributed by atoms with Gasteiger partial charge in [0, 0.05) is 5.69 Å². The molecule has 4 aromatic rings. The Bertz CT molecular complexity index is 1400. The van der Waals surface area contributed by atoms with E-state index in [1.807, 2.05) is 67.6 Å². The molecule has 0 saturated carbocycles. The average Bonchev–Trinajstić information content (AvgIpc) is 2.86. The van der Waals surface area contributed by atoms with E-state index in [2.05, 4.69) is 10.3 Å². The summed E-state index contributed by atoms with van der Waals surface area (Å²) in [4.78, 5) is 30.6. The molecule has 1 aliphatic rings. The first-order valence-electron chi connectivity index (χ1n) is 10.9. The minimum atomic E-state index is -0.365. The Morgan fingerprint density at radius 1 is 1.06 bits per heavy atom. The third kappa shape index (κ3) is 4.77. The molecule has 0 fully saturated rings. The van der Waals surface area contributed by atoms with Gasteiger partial charge in [0.25, 0.3) is 5.56 Å². The highest BCUT2D eigenvalue weighted by Gasteiger charge is 2.24. The maximum atomic E-state index is 13.3. The number of hydrogen-bond acceptors (Lipinski definition) is 6. The lowest BCUT2D eigenvalue weighted by molar-refractivity contribution is -0.113. The third-order valence-corrected chi connectivity index (χ3v) is 6.42. The Morgan fingerprint density at radius 3 is 2.62 bits per heavy atom. The molecule has 2 heterocycles. The van der Waals surface area contributed by atoms with Gasteiger partial charge >= 0.3 is 0 Å². The van der Waals surface area contributed by atoms with Crippen LogP contribution in [0.5, 0.6) is 11.5 Å². The molecule has 0 radical (unpaired) electrons. The maximum Gasteiger partial charge on any atom is 0.262 e. The minimum absolute atomic E-state index is 0.115. The zero-order valence-electron chi connectivity index (χ0n) is 18.6. The molecule has 0 unspecified atom stereocenters. The fourth-order valence-corrected chi connectivity index (χ4v) is 4.55. The van der Waals surface area contributed by atoms with Crippen molar-refractivity contribution in [2.24, 2.45) is 0 Å². The third-order valence-electron chi connectivity index (χ3n) is 5.45. The normalized spacial score (nSPS) is 14.7. The van der Waals surface area contributed by atoms with Crippen molar-refractivity contribution in [3.05, 3.63) is 88.7 Å². The summed E-state index contributed by atoms with van der Waals surface area (Å²) in [6.45, 7) is 2.56. The van der Waals surface area contributed by atoms with E-state index in [1.165, 1.54) is 11.8 Å². The van der Waals surface area contributed by atoms with Crippen LogP contribution in [0.25, 0.3) is 10.9 Å². The number of nitrogens with zero attached hydrogens (tertiary/aromatic N) is 2. The fourth-order valence-electron chi connectivity index (χ4n) is 3.74. The smallest absolute Gasteiger partial charge is 0.262 e. The number of carbonyl (C=O) groups is 1. The number of aryl methyl sites for hydroxylation is 1. The molecule has 1 aromatic heterocycles. The molecule has 0 bridgehead atoms. The molecule has 0 spiro atoms. The molecule has 34 heavy (non-hydrogen) atoms. The summed E-state index contributed by atoms with van der Waals surface area (Å²) in [5, 5.41) is 3.87. The molecular formula is C26H23N3O4S. The van der Waals surface area contributed by atoms with Crippen LogP contribution in [-0.2, 0) is 11.3 Å². The lowest BCUT2D eigenvalue weighted by Gasteiger charge is -2.27. The second-order valence-electron chi connectivity index (χ2n) is 8.03. The molecule has 1 aliphatic heterocycles. The molecule has 0 aliphatic carbocycles. The van der Waals surface area contributed by atoms with Crippen molar-refractivity contribution < 1.29 is 14.3 Å². The number of benzene rings is 3. The molecule has 5 rings (SSSR count). The number of para-hydroxylation sites is 3. The summed E-state index contributed by atoms with van der Waals surface area (Å²) < 4.78 is 13.5. The first kappa shape index (κ1) is 22.0. The van der Waals surface area contributed by atoms with Crippen LogP contribution in [0, 0.1) is 6.92 Å². The van der Waals surface area contributed by atoms with Crippen molar-refractivity contribution >= 4 is 34.3 Å². The Labute approximate surface area is 200 Å². The van der Waals surface area contributed by atoms with Crippen LogP contribution in [0.3, 0.4) is 0 Å².